The van der Waals surface area contributed by atoms with Crippen molar-refractivity contribution in [3.63, 3.8) is 0 Å². The maximum Gasteiger partial charge on any atom is 0.332 e. The average molecular weight is 328 g/mol. The summed E-state index contributed by atoms with van der Waals surface area (Å²) in [5, 5.41) is 6.98. The highest BCUT2D eigenvalue weighted by atomic mass is 16.2. The molecule has 0 radical (unpaired) electrons. The van der Waals surface area contributed by atoms with Crippen LogP contribution in [-0.2, 0) is 18.9 Å². The first-order valence-corrected chi connectivity index (χ1v) is 7.26. The lowest BCUT2D eigenvalue weighted by Crippen LogP contribution is -2.37. The van der Waals surface area contributed by atoms with Gasteiger partial charge in [0.05, 0.1) is 17.3 Å². The van der Waals surface area contributed by atoms with Gasteiger partial charge in [-0.1, -0.05) is 0 Å². The number of hydrogen-bond acceptors (Lipinski definition) is 5. The number of pyridine rings is 1. The molecule has 0 spiro atoms. The number of carbonyl (C=O) groups excluding carboxylic acids is 1. The van der Waals surface area contributed by atoms with Gasteiger partial charge in [-0.05, 0) is 19.1 Å². The third-order valence-corrected chi connectivity index (χ3v) is 3.86. The first-order chi connectivity index (χ1) is 11.4. The molecule has 3 aromatic rings. The number of hydrogen-bond donors (Lipinski definition) is 1. The van der Waals surface area contributed by atoms with Gasteiger partial charge in [0.25, 0.3) is 5.56 Å². The predicted octanol–water partition coefficient (Wildman–Crippen LogP) is 0.0284. The molecule has 9 heteroatoms. The number of nitrogens with one attached hydrogen (secondary N) is 1. The molecule has 0 bridgehead atoms. The van der Waals surface area contributed by atoms with Crippen LogP contribution in [0.25, 0.3) is 11.0 Å². The van der Waals surface area contributed by atoms with E-state index in [-0.39, 0.29) is 16.9 Å². The Morgan fingerprint density at radius 3 is 2.67 bits per heavy atom. The SMILES string of the molecule is CC(C(=O)Nc1cnc2c(c1)c(=O)n(C)c(=O)n2C)n1cccn1. The van der Waals surface area contributed by atoms with E-state index in [9.17, 15) is 14.4 Å². The normalized spacial score (nSPS) is 12.3. The van der Waals surface area contributed by atoms with E-state index in [1.165, 1.54) is 35.6 Å². The van der Waals surface area contributed by atoms with E-state index in [2.05, 4.69) is 15.4 Å². The van der Waals surface area contributed by atoms with Crippen LogP contribution in [0.3, 0.4) is 0 Å². The Labute approximate surface area is 136 Å². The van der Waals surface area contributed by atoms with Crippen molar-refractivity contribution in [1.29, 1.82) is 0 Å². The van der Waals surface area contributed by atoms with Gasteiger partial charge in [-0.25, -0.2) is 9.78 Å². The Morgan fingerprint density at radius 1 is 1.25 bits per heavy atom. The molecular weight excluding hydrogens is 312 g/mol. The third-order valence-electron chi connectivity index (χ3n) is 3.86. The highest BCUT2D eigenvalue weighted by Gasteiger charge is 2.16. The molecule has 1 N–H and O–H groups in total. The van der Waals surface area contributed by atoms with Crippen LogP contribution in [-0.4, -0.2) is 29.8 Å². The van der Waals surface area contributed by atoms with Gasteiger partial charge in [-0.15, -0.1) is 0 Å². The summed E-state index contributed by atoms with van der Waals surface area (Å²) >= 11 is 0. The van der Waals surface area contributed by atoms with Gasteiger partial charge in [-0.2, -0.15) is 5.10 Å². The van der Waals surface area contributed by atoms with Gasteiger partial charge in [0.15, 0.2) is 0 Å². The van der Waals surface area contributed by atoms with Crippen molar-refractivity contribution in [2.45, 2.75) is 13.0 Å². The van der Waals surface area contributed by atoms with Crippen LogP contribution < -0.4 is 16.6 Å². The Bertz CT molecular complexity index is 1030. The summed E-state index contributed by atoms with van der Waals surface area (Å²) in [7, 11) is 2.93. The zero-order valence-electron chi connectivity index (χ0n) is 13.4. The lowest BCUT2D eigenvalue weighted by atomic mass is 10.2. The van der Waals surface area contributed by atoms with Crippen LogP contribution in [0.2, 0.25) is 0 Å². The van der Waals surface area contributed by atoms with Crippen LogP contribution in [0, 0.1) is 0 Å². The second-order valence-electron chi connectivity index (χ2n) is 5.45. The first-order valence-electron chi connectivity index (χ1n) is 7.26. The topological polar surface area (TPSA) is 104 Å². The first kappa shape index (κ1) is 15.7. The summed E-state index contributed by atoms with van der Waals surface area (Å²) < 4.78 is 3.81. The molecular formula is C15H16N6O3. The second-order valence-corrected chi connectivity index (χ2v) is 5.45. The summed E-state index contributed by atoms with van der Waals surface area (Å²) in [5.74, 6) is -0.290. The summed E-state index contributed by atoms with van der Waals surface area (Å²) in [4.78, 5) is 40.5. The zero-order valence-corrected chi connectivity index (χ0v) is 13.4. The lowest BCUT2D eigenvalue weighted by molar-refractivity contribution is -0.119. The van der Waals surface area contributed by atoms with E-state index in [4.69, 9.17) is 0 Å². The minimum Gasteiger partial charge on any atom is -0.323 e. The fourth-order valence-corrected chi connectivity index (χ4v) is 2.41. The van der Waals surface area contributed by atoms with Crippen LogP contribution >= 0.6 is 0 Å². The molecule has 3 rings (SSSR count). The molecule has 0 aliphatic carbocycles. The van der Waals surface area contributed by atoms with E-state index in [0.29, 0.717) is 5.69 Å². The maximum absolute atomic E-state index is 12.3. The van der Waals surface area contributed by atoms with E-state index in [1.54, 1.807) is 25.4 Å². The molecule has 124 valence electrons. The summed E-state index contributed by atoms with van der Waals surface area (Å²) in [6.45, 7) is 1.71. The minimum absolute atomic E-state index is 0.254. The van der Waals surface area contributed by atoms with Crippen molar-refractivity contribution in [3.05, 3.63) is 51.6 Å². The van der Waals surface area contributed by atoms with Crippen molar-refractivity contribution >= 4 is 22.6 Å². The van der Waals surface area contributed by atoms with Gasteiger partial charge >= 0.3 is 5.69 Å². The molecule has 3 heterocycles. The average Bonchev–Trinajstić information content (AvgIpc) is 3.11. The van der Waals surface area contributed by atoms with Gasteiger partial charge < -0.3 is 5.32 Å². The van der Waals surface area contributed by atoms with Crippen molar-refractivity contribution in [2.75, 3.05) is 5.32 Å². The van der Waals surface area contributed by atoms with Crippen LogP contribution in [0.1, 0.15) is 13.0 Å². The highest BCUT2D eigenvalue weighted by molar-refractivity contribution is 5.94. The van der Waals surface area contributed by atoms with E-state index < -0.39 is 17.3 Å². The number of anilines is 1. The number of rotatable bonds is 3. The minimum atomic E-state index is -0.515. The molecule has 0 saturated heterocycles. The summed E-state index contributed by atoms with van der Waals surface area (Å²) in [5.41, 5.74) is -0.274. The van der Waals surface area contributed by atoms with Crippen LogP contribution in [0.5, 0.6) is 0 Å². The smallest absolute Gasteiger partial charge is 0.323 e. The fraction of sp³-hybridized carbons (Fsp3) is 0.267. The highest BCUT2D eigenvalue weighted by Crippen LogP contribution is 2.14. The number of carbonyl (C=O) groups is 1. The molecule has 3 aromatic heterocycles. The van der Waals surface area contributed by atoms with Crippen molar-refractivity contribution in [3.8, 4) is 0 Å². The third kappa shape index (κ3) is 2.49. The fourth-order valence-electron chi connectivity index (χ4n) is 2.41. The Morgan fingerprint density at radius 2 is 2.00 bits per heavy atom. The zero-order chi connectivity index (χ0) is 17.4. The van der Waals surface area contributed by atoms with E-state index in [1.807, 2.05) is 0 Å². The molecule has 1 amide bonds. The van der Waals surface area contributed by atoms with Gasteiger partial charge in [0.1, 0.15) is 11.7 Å². The summed E-state index contributed by atoms with van der Waals surface area (Å²) in [6, 6.07) is 2.72. The van der Waals surface area contributed by atoms with Gasteiger partial charge in [0, 0.05) is 26.5 Å². The maximum atomic E-state index is 12.3. The monoisotopic (exact) mass is 328 g/mol. The molecule has 0 fully saturated rings. The standard InChI is InChI=1S/C15H16N6O3/c1-9(21-6-4-5-17-21)13(22)18-10-7-11-12(16-8-10)19(2)15(24)20(3)14(11)23/h4-9H,1-3H3,(H,18,22). The number of aromatic nitrogens is 5. The van der Waals surface area contributed by atoms with Gasteiger partial charge in [0.2, 0.25) is 5.91 Å². The van der Waals surface area contributed by atoms with E-state index >= 15 is 0 Å². The van der Waals surface area contributed by atoms with Crippen molar-refractivity contribution in [1.82, 2.24) is 23.9 Å². The Balaban J connectivity index is 1.98. The second kappa shape index (κ2) is 5.76. The molecule has 0 aliphatic heterocycles. The quantitative estimate of drug-likeness (QED) is 0.730. The van der Waals surface area contributed by atoms with Gasteiger partial charge in [-0.3, -0.25) is 23.4 Å². The van der Waals surface area contributed by atoms with Crippen LogP contribution in [0.15, 0.2) is 40.3 Å². The Kier molecular flexibility index (Phi) is 3.76. The number of aryl methyl sites for hydroxylation is 1. The molecule has 1 atom stereocenters. The van der Waals surface area contributed by atoms with Crippen molar-refractivity contribution in [2.24, 2.45) is 14.1 Å². The molecule has 9 nitrogen and oxygen atoms in total. The molecule has 0 saturated carbocycles. The van der Waals surface area contributed by atoms with E-state index in [0.717, 1.165) is 4.57 Å². The molecule has 0 aromatic carbocycles. The lowest BCUT2D eigenvalue weighted by Gasteiger charge is -2.13. The Hall–Kier alpha value is -3.23. The molecule has 0 aliphatic rings. The number of nitrogens with zero attached hydrogens (tertiary/aromatic N) is 5. The molecule has 1 unspecified atom stereocenters. The predicted molar refractivity (Wildman–Crippen MR) is 87.8 cm³/mol. The van der Waals surface area contributed by atoms with Crippen molar-refractivity contribution < 1.29 is 4.79 Å². The molecule has 24 heavy (non-hydrogen) atoms. The number of fused-ring (bicyclic) bond motifs is 1. The largest absolute Gasteiger partial charge is 0.332 e. The summed E-state index contributed by atoms with van der Waals surface area (Å²) in [6.07, 6.45) is 4.69. The van der Waals surface area contributed by atoms with Crippen LogP contribution in [0.4, 0.5) is 5.69 Å². The number of amides is 1.